The summed E-state index contributed by atoms with van der Waals surface area (Å²) < 4.78 is 0. The van der Waals surface area contributed by atoms with Gasteiger partial charge in [0, 0.05) is 41.5 Å². The van der Waals surface area contributed by atoms with Gasteiger partial charge in [-0.05, 0) is 23.6 Å². The molecule has 0 aromatic heterocycles. The molecule has 2 aromatic rings. The second-order valence-electron chi connectivity index (χ2n) is 7.42. The molecule has 0 spiro atoms. The van der Waals surface area contributed by atoms with Crippen molar-refractivity contribution in [1.82, 2.24) is 10.2 Å². The topological polar surface area (TPSA) is 49.4 Å². The van der Waals surface area contributed by atoms with Crippen LogP contribution in [0.2, 0.25) is 10.0 Å². The van der Waals surface area contributed by atoms with Crippen LogP contribution in [0.3, 0.4) is 0 Å². The van der Waals surface area contributed by atoms with Crippen LogP contribution in [-0.4, -0.2) is 29.3 Å². The predicted molar refractivity (Wildman–Crippen MR) is 119 cm³/mol. The Morgan fingerprint density at radius 1 is 1.00 bits per heavy atom. The monoisotopic (exact) mass is 434 g/mol. The molecule has 1 atom stereocenters. The Labute approximate surface area is 183 Å². The molecule has 29 heavy (non-hydrogen) atoms. The van der Waals surface area contributed by atoms with E-state index < -0.39 is 6.04 Å². The molecule has 2 amide bonds. The lowest BCUT2D eigenvalue weighted by Gasteiger charge is -2.32. The normalized spacial score (nSPS) is 11.9. The van der Waals surface area contributed by atoms with E-state index in [0.29, 0.717) is 34.5 Å². The lowest BCUT2D eigenvalue weighted by molar-refractivity contribution is -0.141. The van der Waals surface area contributed by atoms with Crippen molar-refractivity contribution in [3.63, 3.8) is 0 Å². The molecule has 6 heteroatoms. The van der Waals surface area contributed by atoms with Crippen molar-refractivity contribution in [2.75, 3.05) is 6.54 Å². The van der Waals surface area contributed by atoms with E-state index in [4.69, 9.17) is 23.2 Å². The zero-order chi connectivity index (χ0) is 21.4. The van der Waals surface area contributed by atoms with Crippen molar-refractivity contribution in [3.8, 4) is 0 Å². The Kier molecular flexibility index (Phi) is 8.99. The maximum Gasteiger partial charge on any atom is 0.243 e. The van der Waals surface area contributed by atoms with Crippen LogP contribution in [0, 0.1) is 5.92 Å². The quantitative estimate of drug-likeness (QED) is 0.595. The van der Waals surface area contributed by atoms with Gasteiger partial charge in [0.2, 0.25) is 11.8 Å². The summed E-state index contributed by atoms with van der Waals surface area (Å²) in [4.78, 5) is 27.6. The van der Waals surface area contributed by atoms with E-state index in [2.05, 4.69) is 5.32 Å². The fourth-order valence-electron chi connectivity index (χ4n) is 3.03. The maximum absolute atomic E-state index is 13.1. The van der Waals surface area contributed by atoms with Gasteiger partial charge in [0.15, 0.2) is 0 Å². The highest BCUT2D eigenvalue weighted by Gasteiger charge is 2.30. The van der Waals surface area contributed by atoms with E-state index >= 15 is 0 Å². The third-order valence-corrected chi connectivity index (χ3v) is 5.36. The average molecular weight is 435 g/mol. The van der Waals surface area contributed by atoms with Crippen LogP contribution in [0.1, 0.15) is 38.3 Å². The van der Waals surface area contributed by atoms with Crippen molar-refractivity contribution in [1.29, 1.82) is 0 Å². The molecule has 1 unspecified atom stereocenters. The Bertz CT molecular complexity index is 805. The molecular formula is C23H28Cl2N2O2. The molecular weight excluding hydrogens is 407 g/mol. The van der Waals surface area contributed by atoms with Crippen molar-refractivity contribution in [2.24, 2.45) is 5.92 Å². The molecule has 2 aromatic carbocycles. The molecule has 2 rings (SSSR count). The molecule has 0 aliphatic rings. The first-order chi connectivity index (χ1) is 13.8. The Morgan fingerprint density at radius 2 is 1.62 bits per heavy atom. The predicted octanol–water partition coefficient (Wildman–Crippen LogP) is 5.12. The SMILES string of the molecule is CCC(=O)N(Cc1c(Cl)cccc1Cl)C(Cc1ccccc1)C(=O)NCC(C)C. The summed E-state index contributed by atoms with van der Waals surface area (Å²) in [6.45, 7) is 6.58. The number of nitrogens with zero attached hydrogens (tertiary/aromatic N) is 1. The molecule has 0 radical (unpaired) electrons. The number of rotatable bonds is 9. The van der Waals surface area contributed by atoms with Gasteiger partial charge in [0.25, 0.3) is 0 Å². The van der Waals surface area contributed by atoms with Crippen molar-refractivity contribution < 1.29 is 9.59 Å². The molecule has 0 heterocycles. The van der Waals surface area contributed by atoms with E-state index in [1.165, 1.54) is 0 Å². The number of hydrogen-bond donors (Lipinski definition) is 1. The molecule has 0 saturated heterocycles. The van der Waals surface area contributed by atoms with Gasteiger partial charge in [0.05, 0.1) is 0 Å². The van der Waals surface area contributed by atoms with Crippen LogP contribution in [0.4, 0.5) is 0 Å². The van der Waals surface area contributed by atoms with Gasteiger partial charge in [-0.2, -0.15) is 0 Å². The van der Waals surface area contributed by atoms with Gasteiger partial charge >= 0.3 is 0 Å². The van der Waals surface area contributed by atoms with Crippen LogP contribution in [0.25, 0.3) is 0 Å². The van der Waals surface area contributed by atoms with E-state index in [-0.39, 0.29) is 24.8 Å². The minimum Gasteiger partial charge on any atom is -0.354 e. The van der Waals surface area contributed by atoms with E-state index in [0.717, 1.165) is 5.56 Å². The smallest absolute Gasteiger partial charge is 0.243 e. The second kappa shape index (κ2) is 11.2. The summed E-state index contributed by atoms with van der Waals surface area (Å²) in [6.07, 6.45) is 0.698. The van der Waals surface area contributed by atoms with Crippen LogP contribution in [-0.2, 0) is 22.6 Å². The third-order valence-electron chi connectivity index (χ3n) is 4.65. The van der Waals surface area contributed by atoms with E-state index in [1.54, 1.807) is 30.0 Å². The number of amides is 2. The first-order valence-corrected chi connectivity index (χ1v) is 10.6. The summed E-state index contributed by atoms with van der Waals surface area (Å²) in [5.41, 5.74) is 1.63. The van der Waals surface area contributed by atoms with Crippen LogP contribution in [0.5, 0.6) is 0 Å². The second-order valence-corrected chi connectivity index (χ2v) is 8.23. The number of carbonyl (C=O) groups excluding carboxylic acids is 2. The minimum absolute atomic E-state index is 0.124. The Balaban J connectivity index is 2.39. The standard InChI is InChI=1S/C23H28Cl2N2O2/c1-4-22(28)27(15-18-19(24)11-8-12-20(18)25)21(23(29)26-14-16(2)3)13-17-9-6-5-7-10-17/h5-12,16,21H,4,13-15H2,1-3H3,(H,26,29). The van der Waals surface area contributed by atoms with Gasteiger partial charge in [-0.25, -0.2) is 0 Å². The van der Waals surface area contributed by atoms with Crippen molar-refractivity contribution in [2.45, 2.75) is 46.2 Å². The third kappa shape index (κ3) is 6.76. The van der Waals surface area contributed by atoms with Gasteiger partial charge in [-0.1, -0.05) is 80.4 Å². The Morgan fingerprint density at radius 3 is 2.17 bits per heavy atom. The number of hydrogen-bond acceptors (Lipinski definition) is 2. The summed E-state index contributed by atoms with van der Waals surface area (Å²) in [5.74, 6) is 0.0128. The summed E-state index contributed by atoms with van der Waals surface area (Å²) in [5, 5.41) is 3.94. The molecule has 1 N–H and O–H groups in total. The molecule has 4 nitrogen and oxygen atoms in total. The summed E-state index contributed by atoms with van der Waals surface area (Å²) in [7, 11) is 0. The summed E-state index contributed by atoms with van der Waals surface area (Å²) >= 11 is 12.7. The highest BCUT2D eigenvalue weighted by atomic mass is 35.5. The number of benzene rings is 2. The van der Waals surface area contributed by atoms with Crippen LogP contribution < -0.4 is 5.32 Å². The first-order valence-electron chi connectivity index (χ1n) is 9.87. The molecule has 0 fully saturated rings. The molecule has 0 aliphatic carbocycles. The van der Waals surface area contributed by atoms with E-state index in [9.17, 15) is 9.59 Å². The number of halogens is 2. The van der Waals surface area contributed by atoms with Crippen molar-refractivity contribution in [3.05, 3.63) is 69.7 Å². The van der Waals surface area contributed by atoms with Crippen LogP contribution in [0.15, 0.2) is 48.5 Å². The molecule has 0 aliphatic heterocycles. The van der Waals surface area contributed by atoms with E-state index in [1.807, 2.05) is 44.2 Å². The zero-order valence-corrected chi connectivity index (χ0v) is 18.6. The zero-order valence-electron chi connectivity index (χ0n) is 17.1. The first kappa shape index (κ1) is 23.2. The lowest BCUT2D eigenvalue weighted by Crippen LogP contribution is -2.51. The highest BCUT2D eigenvalue weighted by Crippen LogP contribution is 2.27. The fraction of sp³-hybridized carbons (Fsp3) is 0.391. The minimum atomic E-state index is -0.657. The van der Waals surface area contributed by atoms with Crippen LogP contribution >= 0.6 is 23.2 Å². The van der Waals surface area contributed by atoms with Gasteiger partial charge in [0.1, 0.15) is 6.04 Å². The number of carbonyl (C=O) groups is 2. The fourth-order valence-corrected chi connectivity index (χ4v) is 3.55. The van der Waals surface area contributed by atoms with Gasteiger partial charge in [-0.15, -0.1) is 0 Å². The van der Waals surface area contributed by atoms with Gasteiger partial charge < -0.3 is 10.2 Å². The maximum atomic E-state index is 13.1. The van der Waals surface area contributed by atoms with Gasteiger partial charge in [-0.3, -0.25) is 9.59 Å². The lowest BCUT2D eigenvalue weighted by atomic mass is 10.0. The van der Waals surface area contributed by atoms with Crippen molar-refractivity contribution >= 4 is 35.0 Å². The molecule has 0 bridgehead atoms. The largest absolute Gasteiger partial charge is 0.354 e. The number of nitrogens with one attached hydrogen (secondary N) is 1. The molecule has 156 valence electrons. The summed E-state index contributed by atoms with van der Waals surface area (Å²) in [6, 6.07) is 14.3. The molecule has 0 saturated carbocycles. The average Bonchev–Trinajstić information content (AvgIpc) is 2.70. The Hall–Kier alpha value is -2.04. The highest BCUT2D eigenvalue weighted by molar-refractivity contribution is 6.36.